The van der Waals surface area contributed by atoms with Crippen molar-refractivity contribution >= 4 is 28.7 Å². The smallest absolute Gasteiger partial charge is 0.339 e. The van der Waals surface area contributed by atoms with Gasteiger partial charge in [-0.3, -0.25) is 0 Å². The monoisotopic (exact) mass is 370 g/mol. The molecule has 0 bridgehead atoms. The molecule has 1 heterocycles. The van der Waals surface area contributed by atoms with Crippen molar-refractivity contribution in [3.63, 3.8) is 0 Å². The molecular formula is C20H18O5S. The largest absolute Gasteiger partial charge is 0.497 e. The zero-order valence-corrected chi connectivity index (χ0v) is 15.3. The first-order valence-electron chi connectivity index (χ1n) is 8.12. The van der Waals surface area contributed by atoms with E-state index in [1.165, 1.54) is 13.2 Å². The molecular weight excluding hydrogens is 352 g/mol. The zero-order chi connectivity index (χ0) is 18.5. The van der Waals surface area contributed by atoms with Gasteiger partial charge in [0.1, 0.15) is 17.9 Å². The Hall–Kier alpha value is -2.73. The Kier molecular flexibility index (Phi) is 5.63. The third-order valence-electron chi connectivity index (χ3n) is 3.80. The number of benzene rings is 2. The molecule has 3 aromatic rings. The predicted octanol–water partition coefficient (Wildman–Crippen LogP) is 4.27. The first kappa shape index (κ1) is 18.1. The first-order chi connectivity index (χ1) is 12.6. The second kappa shape index (κ2) is 8.10. The number of methoxy groups -OCH3 is 1. The van der Waals surface area contributed by atoms with Crippen molar-refractivity contribution in [1.82, 2.24) is 0 Å². The standard InChI is InChI=1S/C20H18O5S/c1-3-26-18-7-5-4-6-16(18)20(22)24-12-13-10-19(21)25-17-11-14(23-2)8-9-15(13)17/h4-11H,3,12H2,1-2H3. The summed E-state index contributed by atoms with van der Waals surface area (Å²) in [5.41, 5.74) is 1.00. The van der Waals surface area contributed by atoms with Crippen LogP contribution in [0.4, 0.5) is 0 Å². The molecule has 0 N–H and O–H groups in total. The van der Waals surface area contributed by atoms with Crippen molar-refractivity contribution in [1.29, 1.82) is 0 Å². The average molecular weight is 370 g/mol. The Bertz CT molecular complexity index is 993. The van der Waals surface area contributed by atoms with Crippen LogP contribution >= 0.6 is 11.8 Å². The minimum Gasteiger partial charge on any atom is -0.497 e. The van der Waals surface area contributed by atoms with E-state index < -0.39 is 11.6 Å². The Morgan fingerprint density at radius 3 is 2.73 bits per heavy atom. The van der Waals surface area contributed by atoms with Crippen LogP contribution in [0.1, 0.15) is 22.8 Å². The number of hydrogen-bond acceptors (Lipinski definition) is 6. The van der Waals surface area contributed by atoms with Crippen LogP contribution in [0.2, 0.25) is 0 Å². The van der Waals surface area contributed by atoms with Crippen LogP contribution in [-0.2, 0) is 11.3 Å². The summed E-state index contributed by atoms with van der Waals surface area (Å²) in [5.74, 6) is 1.02. The van der Waals surface area contributed by atoms with E-state index in [1.807, 2.05) is 19.1 Å². The number of ether oxygens (including phenoxy) is 2. The van der Waals surface area contributed by atoms with Gasteiger partial charge >= 0.3 is 11.6 Å². The number of esters is 1. The quantitative estimate of drug-likeness (QED) is 0.367. The van der Waals surface area contributed by atoms with Gasteiger partial charge in [-0.25, -0.2) is 9.59 Å². The average Bonchev–Trinajstić information content (AvgIpc) is 2.65. The molecule has 6 heteroatoms. The Morgan fingerprint density at radius 2 is 1.96 bits per heavy atom. The molecule has 0 saturated heterocycles. The van der Waals surface area contributed by atoms with E-state index in [4.69, 9.17) is 13.9 Å². The summed E-state index contributed by atoms with van der Waals surface area (Å²) in [5, 5.41) is 0.703. The summed E-state index contributed by atoms with van der Waals surface area (Å²) in [6.45, 7) is 2.01. The maximum atomic E-state index is 12.5. The fraction of sp³-hybridized carbons (Fsp3) is 0.200. The fourth-order valence-electron chi connectivity index (χ4n) is 2.59. The van der Waals surface area contributed by atoms with Crippen LogP contribution in [-0.4, -0.2) is 18.8 Å². The molecule has 3 rings (SSSR count). The van der Waals surface area contributed by atoms with E-state index in [0.717, 1.165) is 10.6 Å². The van der Waals surface area contributed by atoms with E-state index in [2.05, 4.69) is 0 Å². The van der Waals surface area contributed by atoms with Crippen LogP contribution in [0.25, 0.3) is 11.0 Å². The van der Waals surface area contributed by atoms with Gasteiger partial charge in [0.25, 0.3) is 0 Å². The first-order valence-corrected chi connectivity index (χ1v) is 9.10. The minimum absolute atomic E-state index is 0.0155. The van der Waals surface area contributed by atoms with Gasteiger partial charge in [0.05, 0.1) is 12.7 Å². The zero-order valence-electron chi connectivity index (χ0n) is 14.5. The van der Waals surface area contributed by atoms with Gasteiger partial charge in [-0.2, -0.15) is 0 Å². The molecule has 0 saturated carbocycles. The molecule has 2 aromatic carbocycles. The molecule has 0 aliphatic rings. The molecule has 0 unspecified atom stereocenters. The van der Waals surface area contributed by atoms with Gasteiger partial charge in [0.2, 0.25) is 0 Å². The van der Waals surface area contributed by atoms with E-state index in [9.17, 15) is 9.59 Å². The Balaban J connectivity index is 1.86. The normalized spacial score (nSPS) is 10.7. The van der Waals surface area contributed by atoms with Crippen molar-refractivity contribution in [2.45, 2.75) is 18.4 Å². The molecule has 26 heavy (non-hydrogen) atoms. The molecule has 0 radical (unpaired) electrons. The lowest BCUT2D eigenvalue weighted by Gasteiger charge is -2.10. The lowest BCUT2D eigenvalue weighted by atomic mass is 10.1. The van der Waals surface area contributed by atoms with Crippen molar-refractivity contribution < 1.29 is 18.7 Å². The molecule has 0 fully saturated rings. The van der Waals surface area contributed by atoms with Gasteiger partial charge in [-0.15, -0.1) is 11.8 Å². The van der Waals surface area contributed by atoms with E-state index in [1.54, 1.807) is 42.1 Å². The predicted molar refractivity (Wildman–Crippen MR) is 101 cm³/mol. The molecule has 1 aromatic heterocycles. The third-order valence-corrected chi connectivity index (χ3v) is 4.76. The Labute approximate surface area is 154 Å². The minimum atomic E-state index is -0.501. The van der Waals surface area contributed by atoms with Gasteiger partial charge < -0.3 is 13.9 Å². The number of hydrogen-bond donors (Lipinski definition) is 0. The molecule has 0 aliphatic carbocycles. The summed E-state index contributed by atoms with van der Waals surface area (Å²) in [6.07, 6.45) is 0. The number of thioether (sulfide) groups is 1. The van der Waals surface area contributed by atoms with Gasteiger partial charge in [-0.1, -0.05) is 19.1 Å². The maximum absolute atomic E-state index is 12.5. The lowest BCUT2D eigenvalue weighted by molar-refractivity contribution is 0.0469. The van der Waals surface area contributed by atoms with E-state index in [-0.39, 0.29) is 6.61 Å². The van der Waals surface area contributed by atoms with Crippen molar-refractivity contribution in [3.05, 3.63) is 70.1 Å². The third kappa shape index (κ3) is 3.91. The summed E-state index contributed by atoms with van der Waals surface area (Å²) in [6, 6.07) is 13.8. The fourth-order valence-corrected chi connectivity index (χ4v) is 3.39. The van der Waals surface area contributed by atoms with Crippen molar-refractivity contribution in [3.8, 4) is 5.75 Å². The van der Waals surface area contributed by atoms with Crippen LogP contribution in [0.5, 0.6) is 5.75 Å². The molecule has 0 amide bonds. The second-order valence-electron chi connectivity index (χ2n) is 5.46. The highest BCUT2D eigenvalue weighted by Crippen LogP contribution is 2.25. The second-order valence-corrected chi connectivity index (χ2v) is 6.76. The summed E-state index contributed by atoms with van der Waals surface area (Å²) in [7, 11) is 1.54. The number of fused-ring (bicyclic) bond motifs is 1. The number of carbonyl (C=O) groups excluding carboxylic acids is 1. The highest BCUT2D eigenvalue weighted by Gasteiger charge is 2.14. The molecule has 0 atom stereocenters. The van der Waals surface area contributed by atoms with Crippen LogP contribution in [0.15, 0.2) is 62.6 Å². The topological polar surface area (TPSA) is 65.7 Å². The van der Waals surface area contributed by atoms with E-state index in [0.29, 0.717) is 27.8 Å². The van der Waals surface area contributed by atoms with Crippen molar-refractivity contribution in [2.24, 2.45) is 0 Å². The van der Waals surface area contributed by atoms with Crippen LogP contribution in [0.3, 0.4) is 0 Å². The van der Waals surface area contributed by atoms with Crippen molar-refractivity contribution in [2.75, 3.05) is 12.9 Å². The molecule has 5 nitrogen and oxygen atoms in total. The Morgan fingerprint density at radius 1 is 1.15 bits per heavy atom. The highest BCUT2D eigenvalue weighted by molar-refractivity contribution is 7.99. The SMILES string of the molecule is CCSc1ccccc1C(=O)OCc1cc(=O)oc2cc(OC)ccc12. The van der Waals surface area contributed by atoms with Gasteiger partial charge in [-0.05, 0) is 30.0 Å². The van der Waals surface area contributed by atoms with Gasteiger partial charge in [0, 0.05) is 28.0 Å². The summed E-state index contributed by atoms with van der Waals surface area (Å²) >= 11 is 1.58. The van der Waals surface area contributed by atoms with Gasteiger partial charge in [0.15, 0.2) is 0 Å². The molecule has 134 valence electrons. The number of carbonyl (C=O) groups is 1. The summed E-state index contributed by atoms with van der Waals surface area (Å²) in [4.78, 5) is 25.2. The van der Waals surface area contributed by atoms with Crippen LogP contribution in [0, 0.1) is 0 Å². The maximum Gasteiger partial charge on any atom is 0.339 e. The summed E-state index contributed by atoms with van der Waals surface area (Å²) < 4.78 is 15.8. The van der Waals surface area contributed by atoms with E-state index >= 15 is 0 Å². The molecule has 0 spiro atoms. The molecule has 0 aliphatic heterocycles. The van der Waals surface area contributed by atoms with Crippen LogP contribution < -0.4 is 10.4 Å². The number of rotatable bonds is 6. The highest BCUT2D eigenvalue weighted by atomic mass is 32.2. The lowest BCUT2D eigenvalue weighted by Crippen LogP contribution is -2.09.